The van der Waals surface area contributed by atoms with Crippen molar-refractivity contribution in [2.24, 2.45) is 5.92 Å². The van der Waals surface area contributed by atoms with E-state index in [1.165, 1.54) is 25.7 Å². The summed E-state index contributed by atoms with van der Waals surface area (Å²) in [6.07, 6.45) is 5.26. The molecule has 0 amide bonds. The van der Waals surface area contributed by atoms with Gasteiger partial charge in [-0.3, -0.25) is 9.69 Å². The third-order valence-electron chi connectivity index (χ3n) is 4.06. The van der Waals surface area contributed by atoms with Gasteiger partial charge in [-0.2, -0.15) is 0 Å². The average molecular weight is 241 g/mol. The maximum absolute atomic E-state index is 10.9. The fraction of sp³-hybridized carbons (Fsp3) is 0.923. The summed E-state index contributed by atoms with van der Waals surface area (Å²) in [5, 5.41) is 8.95. The normalized spacial score (nSPS) is 35.7. The van der Waals surface area contributed by atoms with Crippen molar-refractivity contribution in [1.29, 1.82) is 0 Å². The molecule has 0 aromatic heterocycles. The summed E-state index contributed by atoms with van der Waals surface area (Å²) >= 11 is 0. The van der Waals surface area contributed by atoms with Gasteiger partial charge in [0.1, 0.15) is 0 Å². The Bertz CT molecular complexity index is 269. The van der Waals surface area contributed by atoms with Gasteiger partial charge in [-0.15, -0.1) is 0 Å². The quantitative estimate of drug-likeness (QED) is 0.817. The van der Waals surface area contributed by atoms with E-state index in [-0.39, 0.29) is 12.5 Å². The predicted octanol–water partition coefficient (Wildman–Crippen LogP) is 1.74. The molecule has 3 unspecified atom stereocenters. The van der Waals surface area contributed by atoms with Crippen LogP contribution >= 0.6 is 0 Å². The van der Waals surface area contributed by atoms with Crippen LogP contribution in [-0.4, -0.2) is 47.8 Å². The summed E-state index contributed by atoms with van der Waals surface area (Å²) in [6.45, 7) is 4.53. The van der Waals surface area contributed by atoms with E-state index in [2.05, 4.69) is 11.8 Å². The lowest BCUT2D eigenvalue weighted by Crippen LogP contribution is -2.52. The number of carboxylic acids is 1. The molecule has 0 radical (unpaired) electrons. The molecule has 0 bridgehead atoms. The molecule has 17 heavy (non-hydrogen) atoms. The second-order valence-electron chi connectivity index (χ2n) is 5.49. The molecule has 2 rings (SSSR count). The fourth-order valence-electron chi connectivity index (χ4n) is 3.23. The molecular weight excluding hydrogens is 218 g/mol. The lowest BCUT2D eigenvalue weighted by atomic mass is 9.85. The minimum absolute atomic E-state index is 0.0801. The van der Waals surface area contributed by atoms with Crippen LogP contribution in [0.15, 0.2) is 0 Å². The lowest BCUT2D eigenvalue weighted by molar-refractivity contribution is -0.141. The topological polar surface area (TPSA) is 49.8 Å². The van der Waals surface area contributed by atoms with Gasteiger partial charge in [0.05, 0.1) is 19.6 Å². The summed E-state index contributed by atoms with van der Waals surface area (Å²) in [5.74, 6) is 0.0661. The number of rotatable bonds is 3. The van der Waals surface area contributed by atoms with Gasteiger partial charge in [0.15, 0.2) is 0 Å². The Kier molecular flexibility index (Phi) is 4.40. The van der Waals surface area contributed by atoms with Crippen molar-refractivity contribution >= 4 is 5.97 Å². The van der Waals surface area contributed by atoms with Gasteiger partial charge in [-0.05, 0) is 18.8 Å². The van der Waals surface area contributed by atoms with Gasteiger partial charge >= 0.3 is 5.97 Å². The van der Waals surface area contributed by atoms with Crippen LogP contribution in [0.25, 0.3) is 0 Å². The monoisotopic (exact) mass is 241 g/mol. The number of hydrogen-bond acceptors (Lipinski definition) is 3. The SMILES string of the molecule is CC1CCCC(N2CCOCC2CC(=O)O)C1. The molecule has 1 saturated heterocycles. The van der Waals surface area contributed by atoms with E-state index in [0.29, 0.717) is 12.6 Å². The molecule has 1 saturated carbocycles. The van der Waals surface area contributed by atoms with E-state index in [4.69, 9.17) is 9.84 Å². The molecule has 4 nitrogen and oxygen atoms in total. The van der Waals surface area contributed by atoms with E-state index in [1.54, 1.807) is 0 Å². The Morgan fingerprint density at radius 2 is 2.29 bits per heavy atom. The Hall–Kier alpha value is -0.610. The summed E-state index contributed by atoms with van der Waals surface area (Å²) in [4.78, 5) is 13.3. The summed E-state index contributed by atoms with van der Waals surface area (Å²) < 4.78 is 5.43. The Balaban J connectivity index is 1.97. The van der Waals surface area contributed by atoms with Gasteiger partial charge in [-0.25, -0.2) is 0 Å². The van der Waals surface area contributed by atoms with Gasteiger partial charge in [0.2, 0.25) is 0 Å². The van der Waals surface area contributed by atoms with Crippen LogP contribution in [0.5, 0.6) is 0 Å². The smallest absolute Gasteiger partial charge is 0.305 e. The van der Waals surface area contributed by atoms with Gasteiger partial charge in [0.25, 0.3) is 0 Å². The van der Waals surface area contributed by atoms with E-state index >= 15 is 0 Å². The first-order valence-corrected chi connectivity index (χ1v) is 6.72. The molecule has 2 aliphatic rings. The van der Waals surface area contributed by atoms with Gasteiger partial charge in [0, 0.05) is 18.6 Å². The summed E-state index contributed by atoms with van der Waals surface area (Å²) in [5.41, 5.74) is 0. The van der Waals surface area contributed by atoms with Crippen molar-refractivity contribution in [3.8, 4) is 0 Å². The van der Waals surface area contributed by atoms with Crippen molar-refractivity contribution in [3.05, 3.63) is 0 Å². The van der Waals surface area contributed by atoms with Crippen LogP contribution in [0.4, 0.5) is 0 Å². The van der Waals surface area contributed by atoms with Gasteiger partial charge < -0.3 is 9.84 Å². The van der Waals surface area contributed by atoms with Crippen LogP contribution in [0.3, 0.4) is 0 Å². The van der Waals surface area contributed by atoms with Crippen LogP contribution in [0.1, 0.15) is 39.0 Å². The molecule has 0 spiro atoms. The highest BCUT2D eigenvalue weighted by molar-refractivity contribution is 5.67. The molecule has 4 heteroatoms. The van der Waals surface area contributed by atoms with E-state index in [1.807, 2.05) is 0 Å². The molecule has 1 N–H and O–H groups in total. The highest BCUT2D eigenvalue weighted by atomic mass is 16.5. The Morgan fingerprint density at radius 1 is 1.47 bits per heavy atom. The molecule has 1 aliphatic carbocycles. The first kappa shape index (κ1) is 12.8. The second-order valence-corrected chi connectivity index (χ2v) is 5.49. The van der Waals surface area contributed by atoms with Crippen molar-refractivity contribution in [2.45, 2.75) is 51.1 Å². The molecular formula is C13H23NO3. The highest BCUT2D eigenvalue weighted by Gasteiger charge is 2.32. The Morgan fingerprint density at radius 3 is 3.00 bits per heavy atom. The number of carboxylic acid groups (broad SMARTS) is 1. The zero-order valence-corrected chi connectivity index (χ0v) is 10.6. The molecule has 1 aliphatic heterocycles. The third-order valence-corrected chi connectivity index (χ3v) is 4.06. The third kappa shape index (κ3) is 3.42. The first-order chi connectivity index (χ1) is 8.16. The minimum atomic E-state index is -0.714. The van der Waals surface area contributed by atoms with E-state index in [0.717, 1.165) is 19.1 Å². The number of hydrogen-bond donors (Lipinski definition) is 1. The fourth-order valence-corrected chi connectivity index (χ4v) is 3.23. The molecule has 1 heterocycles. The largest absolute Gasteiger partial charge is 0.481 e. The van der Waals surface area contributed by atoms with E-state index < -0.39 is 5.97 Å². The molecule has 0 aromatic rings. The van der Waals surface area contributed by atoms with Crippen LogP contribution in [0, 0.1) is 5.92 Å². The number of ether oxygens (including phenoxy) is 1. The molecule has 2 fully saturated rings. The first-order valence-electron chi connectivity index (χ1n) is 6.72. The molecule has 3 atom stereocenters. The average Bonchev–Trinajstić information content (AvgIpc) is 2.29. The highest BCUT2D eigenvalue weighted by Crippen LogP contribution is 2.29. The maximum atomic E-state index is 10.9. The maximum Gasteiger partial charge on any atom is 0.305 e. The standard InChI is InChI=1S/C13H23NO3/c1-10-3-2-4-11(7-10)14-5-6-17-9-12(14)8-13(15)16/h10-12H,2-9H2,1H3,(H,15,16). The van der Waals surface area contributed by atoms with Crippen molar-refractivity contribution in [3.63, 3.8) is 0 Å². The molecule has 98 valence electrons. The second kappa shape index (κ2) is 5.83. The predicted molar refractivity (Wildman–Crippen MR) is 65.0 cm³/mol. The number of carbonyl (C=O) groups is 1. The van der Waals surface area contributed by atoms with Crippen molar-refractivity contribution in [1.82, 2.24) is 4.90 Å². The lowest BCUT2D eigenvalue weighted by Gasteiger charge is -2.43. The number of morpholine rings is 1. The zero-order chi connectivity index (χ0) is 12.3. The Labute approximate surface area is 103 Å². The van der Waals surface area contributed by atoms with Gasteiger partial charge in [-0.1, -0.05) is 19.8 Å². The van der Waals surface area contributed by atoms with Crippen LogP contribution < -0.4 is 0 Å². The number of aliphatic carboxylic acids is 1. The zero-order valence-electron chi connectivity index (χ0n) is 10.6. The van der Waals surface area contributed by atoms with Crippen molar-refractivity contribution < 1.29 is 14.6 Å². The van der Waals surface area contributed by atoms with Crippen LogP contribution in [0.2, 0.25) is 0 Å². The van der Waals surface area contributed by atoms with Crippen LogP contribution in [-0.2, 0) is 9.53 Å². The number of nitrogens with zero attached hydrogens (tertiary/aromatic N) is 1. The molecule has 0 aromatic carbocycles. The minimum Gasteiger partial charge on any atom is -0.481 e. The van der Waals surface area contributed by atoms with E-state index in [9.17, 15) is 4.79 Å². The van der Waals surface area contributed by atoms with Crippen molar-refractivity contribution in [2.75, 3.05) is 19.8 Å². The summed E-state index contributed by atoms with van der Waals surface area (Å²) in [7, 11) is 0. The summed E-state index contributed by atoms with van der Waals surface area (Å²) in [6, 6.07) is 0.656.